The fourth-order valence-corrected chi connectivity index (χ4v) is 5.33. The molecule has 37 heavy (non-hydrogen) atoms. The molecule has 2 heterocycles. The maximum absolute atomic E-state index is 13.4. The zero-order chi connectivity index (χ0) is 25.9. The average molecular weight is 537 g/mol. The summed E-state index contributed by atoms with van der Waals surface area (Å²) < 4.78 is 18.7. The first-order chi connectivity index (χ1) is 17.9. The molecule has 2 aliphatic rings. The van der Waals surface area contributed by atoms with Crippen LogP contribution in [0.15, 0.2) is 82.9 Å². The van der Waals surface area contributed by atoms with E-state index in [0.29, 0.717) is 22.3 Å². The number of hydrogen-bond donors (Lipinski definition) is 1. The molecule has 0 radical (unpaired) electrons. The Bertz CT molecular complexity index is 1400. The molecule has 0 spiro atoms. The maximum Gasteiger partial charge on any atom is 0.262 e. The van der Waals surface area contributed by atoms with E-state index in [1.807, 2.05) is 48.5 Å². The number of amides is 2. The first-order valence-corrected chi connectivity index (χ1v) is 12.8. The van der Waals surface area contributed by atoms with Crippen LogP contribution in [0.3, 0.4) is 0 Å². The number of aliphatic imine (C=N–C) groups is 1. The second kappa shape index (κ2) is 10.7. The molecule has 1 N–H and O–H groups in total. The number of nitrogens with one attached hydrogen (secondary N) is 1. The standard InChI is InChI=1S/C27H22ClFN4O3S/c1-36-21-11-7-16(8-12-21)22-14-23(17-5-9-18(28)10-6-17)33(32-22)27-31-26(35)24(37-27)15-25(34)30-20-4-2-3-19(29)13-20/h2-13,23-24H,14-15H2,1H3,(H,30,34)/t23-,24+/m0/s1. The van der Waals surface area contributed by atoms with Gasteiger partial charge in [0.2, 0.25) is 5.91 Å². The molecule has 188 valence electrons. The molecule has 0 saturated heterocycles. The van der Waals surface area contributed by atoms with Gasteiger partial charge in [-0.05, 0) is 65.7 Å². The van der Waals surface area contributed by atoms with Crippen molar-refractivity contribution in [2.24, 2.45) is 10.1 Å². The lowest BCUT2D eigenvalue weighted by molar-refractivity contribution is -0.121. The highest BCUT2D eigenvalue weighted by Crippen LogP contribution is 2.39. The molecule has 0 aromatic heterocycles. The number of nitrogens with zero attached hydrogens (tertiary/aromatic N) is 3. The predicted octanol–water partition coefficient (Wildman–Crippen LogP) is 5.67. The molecular formula is C27H22ClFN4O3S. The summed E-state index contributed by atoms with van der Waals surface area (Å²) >= 11 is 7.30. The van der Waals surface area contributed by atoms with Crippen molar-refractivity contribution in [3.05, 3.63) is 94.8 Å². The Morgan fingerprint density at radius 3 is 2.62 bits per heavy atom. The molecule has 0 unspecified atom stereocenters. The first kappa shape index (κ1) is 25.0. The fraction of sp³-hybridized carbons (Fsp3) is 0.185. The number of hydrogen-bond acceptors (Lipinski definition) is 6. The van der Waals surface area contributed by atoms with Crippen molar-refractivity contribution in [3.8, 4) is 5.75 Å². The Morgan fingerprint density at radius 1 is 1.16 bits per heavy atom. The summed E-state index contributed by atoms with van der Waals surface area (Å²) in [6.45, 7) is 0. The van der Waals surface area contributed by atoms with Gasteiger partial charge in [0.15, 0.2) is 5.17 Å². The van der Waals surface area contributed by atoms with Crippen LogP contribution in [0.25, 0.3) is 0 Å². The lowest BCUT2D eigenvalue weighted by atomic mass is 9.98. The zero-order valence-corrected chi connectivity index (χ0v) is 21.3. The van der Waals surface area contributed by atoms with Crippen LogP contribution < -0.4 is 10.1 Å². The van der Waals surface area contributed by atoms with E-state index < -0.39 is 22.9 Å². The summed E-state index contributed by atoms with van der Waals surface area (Å²) in [6.07, 6.45) is 0.494. The van der Waals surface area contributed by atoms with Gasteiger partial charge in [-0.25, -0.2) is 9.40 Å². The summed E-state index contributed by atoms with van der Waals surface area (Å²) in [5, 5.41) is 9.56. The van der Waals surface area contributed by atoms with Gasteiger partial charge in [0.25, 0.3) is 5.91 Å². The lowest BCUT2D eigenvalue weighted by Gasteiger charge is -2.23. The number of benzene rings is 3. The van der Waals surface area contributed by atoms with Gasteiger partial charge >= 0.3 is 0 Å². The van der Waals surface area contributed by atoms with E-state index in [4.69, 9.17) is 21.4 Å². The molecule has 10 heteroatoms. The smallest absolute Gasteiger partial charge is 0.262 e. The molecule has 2 amide bonds. The summed E-state index contributed by atoms with van der Waals surface area (Å²) in [6, 6.07) is 20.5. The van der Waals surface area contributed by atoms with Crippen LogP contribution in [0, 0.1) is 5.82 Å². The Morgan fingerprint density at radius 2 is 1.92 bits per heavy atom. The number of methoxy groups -OCH3 is 1. The van der Waals surface area contributed by atoms with Crippen LogP contribution in [0.2, 0.25) is 5.02 Å². The lowest BCUT2D eigenvalue weighted by Crippen LogP contribution is -2.25. The van der Waals surface area contributed by atoms with Crippen molar-refractivity contribution in [3.63, 3.8) is 0 Å². The molecule has 3 aromatic carbocycles. The van der Waals surface area contributed by atoms with E-state index in [1.165, 1.54) is 30.0 Å². The second-order valence-corrected chi connectivity index (χ2v) is 10.1. The Hall–Kier alpha value is -3.69. The van der Waals surface area contributed by atoms with Crippen LogP contribution in [-0.2, 0) is 9.59 Å². The van der Waals surface area contributed by atoms with Crippen molar-refractivity contribution in [2.45, 2.75) is 24.1 Å². The van der Waals surface area contributed by atoms with Crippen LogP contribution in [0.5, 0.6) is 5.75 Å². The third kappa shape index (κ3) is 5.68. The SMILES string of the molecule is COc1ccc(C2=NN(C3=NC(=O)[C@@H](CC(=O)Nc4cccc(F)c4)S3)[C@H](c3ccc(Cl)cc3)C2)cc1. The number of amidine groups is 1. The van der Waals surface area contributed by atoms with E-state index in [9.17, 15) is 14.0 Å². The number of thioether (sulfide) groups is 1. The highest BCUT2D eigenvalue weighted by Gasteiger charge is 2.39. The maximum atomic E-state index is 13.4. The molecule has 7 nitrogen and oxygen atoms in total. The van der Waals surface area contributed by atoms with Crippen molar-refractivity contribution < 1.29 is 18.7 Å². The molecule has 5 rings (SSSR count). The highest BCUT2D eigenvalue weighted by molar-refractivity contribution is 8.15. The van der Waals surface area contributed by atoms with Crippen LogP contribution in [0.4, 0.5) is 10.1 Å². The minimum Gasteiger partial charge on any atom is -0.497 e. The number of ether oxygens (including phenoxy) is 1. The first-order valence-electron chi connectivity index (χ1n) is 11.5. The van der Waals surface area contributed by atoms with Crippen molar-refractivity contribution >= 4 is 51.7 Å². The monoisotopic (exact) mass is 536 g/mol. The molecule has 0 aliphatic carbocycles. The van der Waals surface area contributed by atoms with Gasteiger partial charge in [-0.1, -0.05) is 41.6 Å². The van der Waals surface area contributed by atoms with E-state index in [-0.39, 0.29) is 12.5 Å². The fourth-order valence-electron chi connectivity index (χ4n) is 4.14. The minimum absolute atomic E-state index is 0.0957. The van der Waals surface area contributed by atoms with Crippen LogP contribution in [0.1, 0.15) is 30.0 Å². The number of carbonyl (C=O) groups is 2. The third-order valence-corrected chi connectivity index (χ3v) is 7.39. The van der Waals surface area contributed by atoms with Gasteiger partial charge < -0.3 is 10.1 Å². The van der Waals surface area contributed by atoms with Gasteiger partial charge in [-0.2, -0.15) is 10.1 Å². The summed E-state index contributed by atoms with van der Waals surface area (Å²) in [4.78, 5) is 29.5. The Kier molecular flexibility index (Phi) is 7.25. The van der Waals surface area contributed by atoms with E-state index in [0.717, 1.165) is 22.6 Å². The summed E-state index contributed by atoms with van der Waals surface area (Å²) in [5.74, 6) is -0.514. The van der Waals surface area contributed by atoms with E-state index in [1.54, 1.807) is 18.2 Å². The number of halogens is 2. The van der Waals surface area contributed by atoms with Gasteiger partial charge in [0.1, 0.15) is 16.8 Å². The van der Waals surface area contributed by atoms with Crippen LogP contribution >= 0.6 is 23.4 Å². The van der Waals surface area contributed by atoms with Gasteiger partial charge in [-0.3, -0.25) is 9.59 Å². The topological polar surface area (TPSA) is 83.4 Å². The van der Waals surface area contributed by atoms with Gasteiger partial charge in [0.05, 0.1) is 18.9 Å². The Labute approximate surface area is 222 Å². The number of hydrazone groups is 1. The summed E-state index contributed by atoms with van der Waals surface area (Å²) in [5.41, 5.74) is 3.08. The molecule has 0 fully saturated rings. The zero-order valence-electron chi connectivity index (χ0n) is 19.7. The molecule has 2 aliphatic heterocycles. The molecule has 0 bridgehead atoms. The molecule has 2 atom stereocenters. The Balaban J connectivity index is 1.35. The normalized spacial score (nSPS) is 19.0. The molecule has 0 saturated carbocycles. The molecular weight excluding hydrogens is 515 g/mol. The number of carbonyl (C=O) groups excluding carboxylic acids is 2. The average Bonchev–Trinajstić information content (AvgIpc) is 3.48. The van der Waals surface area contributed by atoms with Crippen LogP contribution in [-0.4, -0.2) is 40.1 Å². The number of rotatable bonds is 6. The minimum atomic E-state index is -0.699. The third-order valence-electron chi connectivity index (χ3n) is 5.99. The second-order valence-electron chi connectivity index (χ2n) is 8.49. The quantitative estimate of drug-likeness (QED) is 0.439. The van der Waals surface area contributed by atoms with Gasteiger partial charge in [-0.15, -0.1) is 0 Å². The van der Waals surface area contributed by atoms with Gasteiger partial charge in [0, 0.05) is 23.6 Å². The van der Waals surface area contributed by atoms with E-state index in [2.05, 4.69) is 10.3 Å². The number of anilines is 1. The molecule has 3 aromatic rings. The van der Waals surface area contributed by atoms with E-state index >= 15 is 0 Å². The predicted molar refractivity (Wildman–Crippen MR) is 144 cm³/mol. The summed E-state index contributed by atoms with van der Waals surface area (Å²) in [7, 11) is 1.61. The highest BCUT2D eigenvalue weighted by atomic mass is 35.5. The largest absolute Gasteiger partial charge is 0.497 e. The van der Waals surface area contributed by atoms with Crippen molar-refractivity contribution in [1.82, 2.24) is 5.01 Å². The van der Waals surface area contributed by atoms with Crippen molar-refractivity contribution in [1.29, 1.82) is 0 Å². The van der Waals surface area contributed by atoms with Crippen molar-refractivity contribution in [2.75, 3.05) is 12.4 Å².